The van der Waals surface area contributed by atoms with Crippen molar-refractivity contribution in [3.05, 3.63) is 23.5 Å². The van der Waals surface area contributed by atoms with E-state index in [1.807, 2.05) is 14.0 Å². The standard InChI is InChI=1S/C11H17N3O2/c1-8-6-10(13-5-3-4-12-2)9(7-14-8)11(15)16/h6-7,12H,3-5H2,1-2H3,(H,13,14)(H,15,16). The Balaban J connectivity index is 2.68. The first-order valence-corrected chi connectivity index (χ1v) is 5.23. The average molecular weight is 223 g/mol. The highest BCUT2D eigenvalue weighted by Gasteiger charge is 2.09. The highest BCUT2D eigenvalue weighted by atomic mass is 16.4. The van der Waals surface area contributed by atoms with Gasteiger partial charge in [0.1, 0.15) is 5.56 Å². The largest absolute Gasteiger partial charge is 0.478 e. The van der Waals surface area contributed by atoms with Gasteiger partial charge in [0.15, 0.2) is 0 Å². The van der Waals surface area contributed by atoms with Gasteiger partial charge in [-0.1, -0.05) is 0 Å². The van der Waals surface area contributed by atoms with E-state index in [0.717, 1.165) is 25.2 Å². The van der Waals surface area contributed by atoms with Gasteiger partial charge in [-0.15, -0.1) is 0 Å². The third-order valence-electron chi connectivity index (χ3n) is 2.19. The van der Waals surface area contributed by atoms with Crippen molar-refractivity contribution in [2.75, 3.05) is 25.5 Å². The molecule has 0 aromatic carbocycles. The third kappa shape index (κ3) is 3.51. The van der Waals surface area contributed by atoms with Crippen molar-refractivity contribution >= 4 is 11.7 Å². The Morgan fingerprint density at radius 2 is 2.25 bits per heavy atom. The van der Waals surface area contributed by atoms with Gasteiger partial charge in [-0.05, 0) is 33.0 Å². The van der Waals surface area contributed by atoms with Gasteiger partial charge in [-0.2, -0.15) is 0 Å². The number of pyridine rings is 1. The minimum absolute atomic E-state index is 0.218. The molecule has 5 heteroatoms. The quantitative estimate of drug-likeness (QED) is 0.630. The topological polar surface area (TPSA) is 74.2 Å². The molecule has 0 spiro atoms. The number of aromatic nitrogens is 1. The zero-order chi connectivity index (χ0) is 12.0. The molecule has 16 heavy (non-hydrogen) atoms. The molecule has 0 unspecified atom stereocenters. The normalized spacial score (nSPS) is 10.1. The predicted octanol–water partition coefficient (Wildman–Crippen LogP) is 1.11. The van der Waals surface area contributed by atoms with E-state index in [-0.39, 0.29) is 5.56 Å². The Hall–Kier alpha value is -1.62. The van der Waals surface area contributed by atoms with Crippen LogP contribution in [0.1, 0.15) is 22.5 Å². The summed E-state index contributed by atoms with van der Waals surface area (Å²) in [6, 6.07) is 1.75. The molecule has 0 aliphatic rings. The number of aromatic carboxylic acids is 1. The van der Waals surface area contributed by atoms with Gasteiger partial charge >= 0.3 is 5.97 Å². The summed E-state index contributed by atoms with van der Waals surface area (Å²) in [6.45, 7) is 3.48. The molecule has 0 saturated carbocycles. The van der Waals surface area contributed by atoms with Crippen LogP contribution < -0.4 is 10.6 Å². The molecule has 0 bridgehead atoms. The summed E-state index contributed by atoms with van der Waals surface area (Å²) in [5, 5.41) is 15.1. The Morgan fingerprint density at radius 3 is 2.88 bits per heavy atom. The van der Waals surface area contributed by atoms with Crippen molar-refractivity contribution in [1.29, 1.82) is 0 Å². The molecular weight excluding hydrogens is 206 g/mol. The van der Waals surface area contributed by atoms with Crippen LogP contribution in [0.3, 0.4) is 0 Å². The Bertz CT molecular complexity index is 366. The zero-order valence-electron chi connectivity index (χ0n) is 9.58. The molecule has 5 nitrogen and oxygen atoms in total. The average Bonchev–Trinajstić information content (AvgIpc) is 2.24. The molecule has 1 aromatic rings. The van der Waals surface area contributed by atoms with Crippen LogP contribution in [-0.4, -0.2) is 36.2 Å². The van der Waals surface area contributed by atoms with Crippen molar-refractivity contribution in [1.82, 2.24) is 10.3 Å². The third-order valence-corrected chi connectivity index (χ3v) is 2.19. The van der Waals surface area contributed by atoms with Crippen molar-refractivity contribution in [3.63, 3.8) is 0 Å². The summed E-state index contributed by atoms with van der Waals surface area (Å²) < 4.78 is 0. The van der Waals surface area contributed by atoms with Gasteiger partial charge in [0.2, 0.25) is 0 Å². The molecule has 0 radical (unpaired) electrons. The fourth-order valence-corrected chi connectivity index (χ4v) is 1.36. The van der Waals surface area contributed by atoms with E-state index in [9.17, 15) is 4.79 Å². The summed E-state index contributed by atoms with van der Waals surface area (Å²) in [4.78, 5) is 14.9. The van der Waals surface area contributed by atoms with E-state index in [1.54, 1.807) is 6.07 Å². The second kappa shape index (κ2) is 6.07. The first kappa shape index (κ1) is 12.4. The van der Waals surface area contributed by atoms with Crippen molar-refractivity contribution in [2.45, 2.75) is 13.3 Å². The van der Waals surface area contributed by atoms with Crippen LogP contribution >= 0.6 is 0 Å². The highest BCUT2D eigenvalue weighted by Crippen LogP contribution is 2.15. The number of hydrogen-bond acceptors (Lipinski definition) is 4. The number of carboxylic acids is 1. The number of carboxylic acid groups (broad SMARTS) is 1. The molecule has 88 valence electrons. The number of aryl methyl sites for hydroxylation is 1. The number of anilines is 1. The molecule has 1 aromatic heterocycles. The van der Waals surface area contributed by atoms with Crippen LogP contribution in [0.4, 0.5) is 5.69 Å². The number of rotatable bonds is 6. The summed E-state index contributed by atoms with van der Waals surface area (Å²) in [7, 11) is 1.89. The maximum Gasteiger partial charge on any atom is 0.339 e. The van der Waals surface area contributed by atoms with Crippen LogP contribution in [0.5, 0.6) is 0 Å². The van der Waals surface area contributed by atoms with Gasteiger partial charge in [-0.25, -0.2) is 4.79 Å². The number of carbonyl (C=O) groups is 1. The van der Waals surface area contributed by atoms with Crippen molar-refractivity contribution < 1.29 is 9.90 Å². The number of hydrogen-bond donors (Lipinski definition) is 3. The summed E-state index contributed by atoms with van der Waals surface area (Å²) in [5.41, 5.74) is 1.66. The first-order valence-electron chi connectivity index (χ1n) is 5.23. The minimum Gasteiger partial charge on any atom is -0.478 e. The Labute approximate surface area is 94.9 Å². The van der Waals surface area contributed by atoms with E-state index >= 15 is 0 Å². The summed E-state index contributed by atoms with van der Waals surface area (Å²) in [6.07, 6.45) is 2.33. The molecule has 1 rings (SSSR count). The van der Waals surface area contributed by atoms with Crippen LogP contribution in [-0.2, 0) is 0 Å². The second-order valence-corrected chi connectivity index (χ2v) is 3.56. The maximum absolute atomic E-state index is 10.9. The lowest BCUT2D eigenvalue weighted by molar-refractivity contribution is 0.0697. The smallest absolute Gasteiger partial charge is 0.339 e. The van der Waals surface area contributed by atoms with E-state index in [2.05, 4.69) is 15.6 Å². The lowest BCUT2D eigenvalue weighted by Gasteiger charge is -2.09. The van der Waals surface area contributed by atoms with Crippen LogP contribution in [0.15, 0.2) is 12.3 Å². The SMILES string of the molecule is CNCCCNc1cc(C)ncc1C(=O)O. The molecule has 1 heterocycles. The summed E-state index contributed by atoms with van der Waals surface area (Å²) >= 11 is 0. The molecule has 3 N–H and O–H groups in total. The molecule has 0 atom stereocenters. The summed E-state index contributed by atoms with van der Waals surface area (Å²) in [5.74, 6) is -0.955. The minimum atomic E-state index is -0.955. The zero-order valence-corrected chi connectivity index (χ0v) is 9.58. The molecule has 0 fully saturated rings. The van der Waals surface area contributed by atoms with Crippen molar-refractivity contribution in [2.24, 2.45) is 0 Å². The van der Waals surface area contributed by atoms with Gasteiger partial charge in [0.25, 0.3) is 0 Å². The highest BCUT2D eigenvalue weighted by molar-refractivity contribution is 5.93. The molecule has 0 amide bonds. The number of nitrogens with zero attached hydrogens (tertiary/aromatic N) is 1. The van der Waals surface area contributed by atoms with E-state index < -0.39 is 5.97 Å². The Kier molecular flexibility index (Phi) is 4.72. The van der Waals surface area contributed by atoms with Crippen molar-refractivity contribution in [3.8, 4) is 0 Å². The lowest BCUT2D eigenvalue weighted by Crippen LogP contribution is -2.14. The van der Waals surface area contributed by atoms with Gasteiger partial charge in [0.05, 0.1) is 5.69 Å². The predicted molar refractivity (Wildman–Crippen MR) is 63.0 cm³/mol. The van der Waals surface area contributed by atoms with Gasteiger partial charge in [-0.3, -0.25) is 4.98 Å². The lowest BCUT2D eigenvalue weighted by atomic mass is 10.2. The fraction of sp³-hybridized carbons (Fsp3) is 0.455. The van der Waals surface area contributed by atoms with Crippen LogP contribution in [0.25, 0.3) is 0 Å². The van der Waals surface area contributed by atoms with E-state index in [0.29, 0.717) is 5.69 Å². The number of nitrogens with one attached hydrogen (secondary N) is 2. The monoisotopic (exact) mass is 223 g/mol. The fourth-order valence-electron chi connectivity index (χ4n) is 1.36. The molecule has 0 saturated heterocycles. The molecular formula is C11H17N3O2. The van der Waals surface area contributed by atoms with E-state index in [1.165, 1.54) is 6.20 Å². The van der Waals surface area contributed by atoms with Gasteiger partial charge in [0, 0.05) is 18.4 Å². The molecule has 0 aliphatic heterocycles. The Morgan fingerprint density at radius 1 is 1.50 bits per heavy atom. The van der Waals surface area contributed by atoms with E-state index in [4.69, 9.17) is 5.11 Å². The molecule has 0 aliphatic carbocycles. The second-order valence-electron chi connectivity index (χ2n) is 3.56. The van der Waals surface area contributed by atoms with Crippen LogP contribution in [0.2, 0.25) is 0 Å². The van der Waals surface area contributed by atoms with Gasteiger partial charge < -0.3 is 15.7 Å². The maximum atomic E-state index is 10.9. The van der Waals surface area contributed by atoms with Crippen LogP contribution in [0, 0.1) is 6.92 Å². The first-order chi connectivity index (χ1) is 7.65.